The lowest BCUT2D eigenvalue weighted by molar-refractivity contribution is -0.121. The van der Waals surface area contributed by atoms with Crippen molar-refractivity contribution in [2.24, 2.45) is 4.99 Å². The zero-order valence-electron chi connectivity index (χ0n) is 13.5. The lowest BCUT2D eigenvalue weighted by atomic mass is 10.3. The Morgan fingerprint density at radius 1 is 1.30 bits per heavy atom. The third kappa shape index (κ3) is 8.73. The molecular weight excluding hydrogens is 405 g/mol. The molecule has 0 bridgehead atoms. The van der Waals surface area contributed by atoms with Crippen LogP contribution in [0.2, 0.25) is 0 Å². The normalized spacial score (nSPS) is 13.9. The van der Waals surface area contributed by atoms with E-state index in [-0.39, 0.29) is 29.9 Å². The Bertz CT molecular complexity index is 491. The molecule has 0 spiro atoms. The predicted molar refractivity (Wildman–Crippen MR) is 103 cm³/mol. The molecule has 1 aliphatic carbocycles. The van der Waals surface area contributed by atoms with Crippen LogP contribution in [0.15, 0.2) is 29.4 Å². The van der Waals surface area contributed by atoms with Gasteiger partial charge in [-0.05, 0) is 31.4 Å². The third-order valence-corrected chi connectivity index (χ3v) is 3.44. The van der Waals surface area contributed by atoms with Crippen molar-refractivity contribution in [2.45, 2.75) is 38.1 Å². The number of halogens is 1. The van der Waals surface area contributed by atoms with Crippen molar-refractivity contribution in [1.29, 1.82) is 0 Å². The molecule has 6 nitrogen and oxygen atoms in total. The molecule has 1 amide bonds. The molecule has 7 heteroatoms. The molecule has 1 fully saturated rings. The third-order valence-electron chi connectivity index (χ3n) is 3.44. The largest absolute Gasteiger partial charge is 0.356 e. The molecule has 0 saturated heterocycles. The summed E-state index contributed by atoms with van der Waals surface area (Å²) in [5, 5.41) is 9.45. The minimum absolute atomic E-state index is 0. The molecule has 3 N–H and O–H groups in total. The highest BCUT2D eigenvalue weighted by molar-refractivity contribution is 14.0. The van der Waals surface area contributed by atoms with Crippen LogP contribution in [0.25, 0.3) is 0 Å². The number of hydrogen-bond donors (Lipinski definition) is 3. The van der Waals surface area contributed by atoms with Crippen molar-refractivity contribution in [3.8, 4) is 0 Å². The number of aromatic nitrogens is 1. The van der Waals surface area contributed by atoms with Gasteiger partial charge in [0, 0.05) is 50.9 Å². The Labute approximate surface area is 155 Å². The first kappa shape index (κ1) is 19.7. The number of hydrogen-bond acceptors (Lipinski definition) is 3. The summed E-state index contributed by atoms with van der Waals surface area (Å²) >= 11 is 0. The van der Waals surface area contributed by atoms with Gasteiger partial charge in [-0.2, -0.15) is 0 Å². The summed E-state index contributed by atoms with van der Waals surface area (Å²) in [7, 11) is 1.75. The number of rotatable bonds is 8. The minimum atomic E-state index is 0. The Balaban J connectivity index is 0.00000264. The molecule has 128 valence electrons. The summed E-state index contributed by atoms with van der Waals surface area (Å²) in [6, 6.07) is 6.36. The van der Waals surface area contributed by atoms with Crippen LogP contribution >= 0.6 is 24.0 Å². The van der Waals surface area contributed by atoms with E-state index in [2.05, 4.69) is 25.9 Å². The van der Waals surface area contributed by atoms with Crippen molar-refractivity contribution in [2.75, 3.05) is 20.1 Å². The molecule has 0 aliphatic heterocycles. The standard InChI is InChI=1S/C16H25N5O.HI/c1-17-16(20-12-9-13-5-2-3-10-18-13)19-11-4-6-15(22)21-14-7-8-14;/h2-3,5,10,14H,4,6-9,11-12H2,1H3,(H,21,22)(H2,17,19,20);1H. The number of guanidine groups is 1. The van der Waals surface area contributed by atoms with E-state index in [1.807, 2.05) is 18.2 Å². The Hall–Kier alpha value is -1.38. The zero-order chi connectivity index (χ0) is 15.6. The van der Waals surface area contributed by atoms with Crippen molar-refractivity contribution in [1.82, 2.24) is 20.9 Å². The van der Waals surface area contributed by atoms with Crippen LogP contribution in [-0.2, 0) is 11.2 Å². The predicted octanol–water partition coefficient (Wildman–Crippen LogP) is 1.47. The first-order valence-electron chi connectivity index (χ1n) is 7.91. The van der Waals surface area contributed by atoms with E-state index in [0.717, 1.165) is 50.4 Å². The average molecular weight is 431 g/mol. The van der Waals surface area contributed by atoms with Crippen LogP contribution < -0.4 is 16.0 Å². The van der Waals surface area contributed by atoms with E-state index in [1.54, 1.807) is 13.2 Å². The SMILES string of the molecule is CN=C(NCCCC(=O)NC1CC1)NCCc1ccccn1.I. The van der Waals surface area contributed by atoms with E-state index >= 15 is 0 Å². The number of pyridine rings is 1. The number of aliphatic imine (C=N–C) groups is 1. The maximum atomic E-state index is 11.5. The van der Waals surface area contributed by atoms with Gasteiger partial charge in [0.15, 0.2) is 5.96 Å². The van der Waals surface area contributed by atoms with Crippen molar-refractivity contribution in [3.05, 3.63) is 30.1 Å². The van der Waals surface area contributed by atoms with Gasteiger partial charge in [-0.1, -0.05) is 6.07 Å². The van der Waals surface area contributed by atoms with Crippen LogP contribution in [0.4, 0.5) is 0 Å². The van der Waals surface area contributed by atoms with Gasteiger partial charge in [-0.25, -0.2) is 0 Å². The van der Waals surface area contributed by atoms with Crippen LogP contribution in [0.5, 0.6) is 0 Å². The summed E-state index contributed by atoms with van der Waals surface area (Å²) < 4.78 is 0. The Morgan fingerprint density at radius 2 is 2.09 bits per heavy atom. The van der Waals surface area contributed by atoms with Crippen LogP contribution in [0.3, 0.4) is 0 Å². The molecule has 0 aromatic carbocycles. The van der Waals surface area contributed by atoms with Crippen molar-refractivity contribution < 1.29 is 4.79 Å². The van der Waals surface area contributed by atoms with Gasteiger partial charge in [-0.3, -0.25) is 14.8 Å². The zero-order valence-corrected chi connectivity index (χ0v) is 15.9. The second-order valence-electron chi connectivity index (χ2n) is 5.44. The van der Waals surface area contributed by atoms with Crippen LogP contribution in [0, 0.1) is 0 Å². The van der Waals surface area contributed by atoms with Gasteiger partial charge in [0.05, 0.1) is 0 Å². The van der Waals surface area contributed by atoms with Crippen LogP contribution in [-0.4, -0.2) is 43.0 Å². The fourth-order valence-corrected chi connectivity index (χ4v) is 2.06. The van der Waals surface area contributed by atoms with E-state index in [9.17, 15) is 4.79 Å². The molecule has 1 heterocycles. The number of carbonyl (C=O) groups is 1. The molecule has 1 aromatic rings. The van der Waals surface area contributed by atoms with Gasteiger partial charge < -0.3 is 16.0 Å². The minimum Gasteiger partial charge on any atom is -0.356 e. The van der Waals surface area contributed by atoms with E-state index in [4.69, 9.17) is 0 Å². The van der Waals surface area contributed by atoms with Gasteiger partial charge in [0.25, 0.3) is 0 Å². The van der Waals surface area contributed by atoms with E-state index in [0.29, 0.717) is 12.5 Å². The molecule has 0 atom stereocenters. The number of nitrogens with one attached hydrogen (secondary N) is 3. The number of amides is 1. The second kappa shape index (κ2) is 11.2. The Morgan fingerprint density at radius 3 is 2.74 bits per heavy atom. The lowest BCUT2D eigenvalue weighted by Crippen LogP contribution is -2.39. The highest BCUT2D eigenvalue weighted by Gasteiger charge is 2.22. The fraction of sp³-hybridized carbons (Fsp3) is 0.562. The molecule has 0 radical (unpaired) electrons. The summed E-state index contributed by atoms with van der Waals surface area (Å²) in [5.74, 6) is 0.918. The van der Waals surface area contributed by atoms with Gasteiger partial charge in [0.1, 0.15) is 0 Å². The van der Waals surface area contributed by atoms with E-state index in [1.165, 1.54) is 0 Å². The first-order chi connectivity index (χ1) is 10.8. The van der Waals surface area contributed by atoms with Gasteiger partial charge >= 0.3 is 0 Å². The van der Waals surface area contributed by atoms with Crippen molar-refractivity contribution >= 4 is 35.8 Å². The second-order valence-corrected chi connectivity index (χ2v) is 5.44. The topological polar surface area (TPSA) is 78.4 Å². The molecule has 1 saturated carbocycles. The lowest BCUT2D eigenvalue weighted by Gasteiger charge is -2.11. The van der Waals surface area contributed by atoms with Gasteiger partial charge in [0.2, 0.25) is 5.91 Å². The molecule has 1 aromatic heterocycles. The summed E-state index contributed by atoms with van der Waals surface area (Å²) in [6.07, 6.45) is 6.29. The summed E-state index contributed by atoms with van der Waals surface area (Å²) in [4.78, 5) is 20.0. The van der Waals surface area contributed by atoms with Crippen LogP contribution in [0.1, 0.15) is 31.4 Å². The first-order valence-corrected chi connectivity index (χ1v) is 7.91. The van der Waals surface area contributed by atoms with E-state index < -0.39 is 0 Å². The molecular formula is C16H26IN5O. The Kier molecular flexibility index (Phi) is 9.58. The smallest absolute Gasteiger partial charge is 0.220 e. The average Bonchev–Trinajstić information content (AvgIpc) is 3.34. The molecule has 0 unspecified atom stereocenters. The maximum absolute atomic E-state index is 11.5. The number of nitrogens with zero attached hydrogens (tertiary/aromatic N) is 2. The maximum Gasteiger partial charge on any atom is 0.220 e. The molecule has 23 heavy (non-hydrogen) atoms. The molecule has 2 rings (SSSR count). The fourth-order valence-electron chi connectivity index (χ4n) is 2.06. The summed E-state index contributed by atoms with van der Waals surface area (Å²) in [5.41, 5.74) is 1.06. The van der Waals surface area contributed by atoms with Crippen molar-refractivity contribution in [3.63, 3.8) is 0 Å². The quantitative estimate of drug-likeness (QED) is 0.252. The summed E-state index contributed by atoms with van der Waals surface area (Å²) in [6.45, 7) is 1.51. The van der Waals surface area contributed by atoms with Gasteiger partial charge in [-0.15, -0.1) is 24.0 Å². The highest BCUT2D eigenvalue weighted by atomic mass is 127. The molecule has 1 aliphatic rings. The monoisotopic (exact) mass is 431 g/mol. The number of carbonyl (C=O) groups excluding carboxylic acids is 1. The highest BCUT2D eigenvalue weighted by Crippen LogP contribution is 2.18.